The van der Waals surface area contributed by atoms with Crippen molar-refractivity contribution in [3.8, 4) is 0 Å². The summed E-state index contributed by atoms with van der Waals surface area (Å²) in [7, 11) is 0. The average Bonchev–Trinajstić information content (AvgIpc) is 2.53. The van der Waals surface area contributed by atoms with Crippen molar-refractivity contribution in [3.63, 3.8) is 0 Å². The Balaban J connectivity index is 2.14. The molecule has 1 fully saturated rings. The first kappa shape index (κ1) is 16.2. The smallest absolute Gasteiger partial charge is 0.145 e. The summed E-state index contributed by atoms with van der Waals surface area (Å²) in [6, 6.07) is 8.75. The van der Waals surface area contributed by atoms with Crippen LogP contribution in [0.25, 0.3) is 0 Å². The Labute approximate surface area is 125 Å². The number of aliphatic hydroxyl groups excluding tert-OH is 4. The van der Waals surface area contributed by atoms with Crippen LogP contribution in [0.5, 0.6) is 0 Å². The first-order chi connectivity index (χ1) is 10.1. The molecule has 0 radical (unpaired) electrons. The molecule has 1 heterocycles. The van der Waals surface area contributed by atoms with Crippen LogP contribution in [0.2, 0.25) is 0 Å². The molecule has 1 aliphatic rings. The molecule has 116 valence electrons. The fraction of sp³-hybridized carbons (Fsp3) is 0.462. The van der Waals surface area contributed by atoms with Gasteiger partial charge in [0.25, 0.3) is 0 Å². The molecule has 0 spiro atoms. The van der Waals surface area contributed by atoms with Crippen LogP contribution in [0.4, 0.5) is 0 Å². The molecule has 8 heteroatoms. The number of nitrogens with zero attached hydrogens (tertiary/aromatic N) is 1. The first-order valence-corrected chi connectivity index (χ1v) is 7.21. The van der Waals surface area contributed by atoms with Crippen molar-refractivity contribution in [2.45, 2.75) is 29.9 Å². The van der Waals surface area contributed by atoms with Crippen LogP contribution in [-0.2, 0) is 4.74 Å². The van der Waals surface area contributed by atoms with Crippen LogP contribution in [0.1, 0.15) is 5.56 Å². The van der Waals surface area contributed by atoms with Crippen LogP contribution in [0.3, 0.4) is 0 Å². The largest absolute Gasteiger partial charge is 0.410 e. The quantitative estimate of drug-likeness (QED) is 0.217. The normalized spacial score (nSPS) is 33.9. The Kier molecular flexibility index (Phi) is 5.57. The Hall–Kier alpha value is -1.16. The average molecular weight is 315 g/mol. The summed E-state index contributed by atoms with van der Waals surface area (Å²) in [5.41, 5.74) is -0.367. The Morgan fingerprint density at radius 3 is 2.33 bits per heavy atom. The predicted octanol–water partition coefficient (Wildman–Crippen LogP) is -0.645. The van der Waals surface area contributed by atoms with Gasteiger partial charge in [-0.2, -0.15) is 0 Å². The molecule has 21 heavy (non-hydrogen) atoms. The van der Waals surface area contributed by atoms with Crippen molar-refractivity contribution in [3.05, 3.63) is 35.9 Å². The van der Waals surface area contributed by atoms with Crippen LogP contribution >= 0.6 is 11.8 Å². The number of oxime groups is 1. The zero-order valence-corrected chi connectivity index (χ0v) is 11.8. The minimum absolute atomic E-state index is 0.194. The van der Waals surface area contributed by atoms with Crippen LogP contribution in [0.15, 0.2) is 35.5 Å². The van der Waals surface area contributed by atoms with E-state index in [1.54, 1.807) is 30.3 Å². The highest BCUT2D eigenvalue weighted by Gasteiger charge is 2.44. The third kappa shape index (κ3) is 3.54. The number of aliphatic hydroxyl groups is 4. The van der Waals surface area contributed by atoms with Gasteiger partial charge in [0.1, 0.15) is 34.9 Å². The molecule has 7 nitrogen and oxygen atoms in total. The van der Waals surface area contributed by atoms with E-state index in [0.29, 0.717) is 5.56 Å². The molecule has 1 aromatic carbocycles. The highest BCUT2D eigenvalue weighted by atomic mass is 32.2. The highest BCUT2D eigenvalue weighted by Crippen LogP contribution is 2.30. The van der Waals surface area contributed by atoms with E-state index in [1.807, 2.05) is 0 Å². The summed E-state index contributed by atoms with van der Waals surface area (Å²) in [6.45, 7) is -0.501. The monoisotopic (exact) mass is 315 g/mol. The molecule has 1 aromatic rings. The molecular formula is C13H17NO6S. The molecule has 0 unspecified atom stereocenters. The Bertz CT molecular complexity index is 483. The van der Waals surface area contributed by atoms with Gasteiger partial charge in [0.2, 0.25) is 0 Å². The number of benzene rings is 1. The summed E-state index contributed by atoms with van der Waals surface area (Å²) in [6.07, 6.45) is -5.23. The maximum absolute atomic E-state index is 9.94. The van der Waals surface area contributed by atoms with E-state index in [0.717, 1.165) is 11.8 Å². The maximum Gasteiger partial charge on any atom is 0.145 e. The SMILES string of the molecule is OC[C@H]1O[C@@H](S/C(=N\O)c2ccccc2)[C@H](O)[C@@H](O)[C@@H]1O. The zero-order valence-electron chi connectivity index (χ0n) is 11.0. The lowest BCUT2D eigenvalue weighted by molar-refractivity contribution is -0.205. The minimum atomic E-state index is -1.45. The molecule has 2 rings (SSSR count). The molecule has 1 aliphatic heterocycles. The fourth-order valence-corrected chi connectivity index (χ4v) is 3.04. The molecule has 0 amide bonds. The second-order valence-electron chi connectivity index (χ2n) is 4.59. The number of hydrogen-bond donors (Lipinski definition) is 5. The van der Waals surface area contributed by atoms with E-state index in [2.05, 4.69) is 5.16 Å². The fourth-order valence-electron chi connectivity index (χ4n) is 2.00. The second kappa shape index (κ2) is 7.21. The lowest BCUT2D eigenvalue weighted by atomic mass is 10.0. The van der Waals surface area contributed by atoms with E-state index in [4.69, 9.17) is 15.1 Å². The molecule has 5 atom stereocenters. The maximum atomic E-state index is 9.94. The van der Waals surface area contributed by atoms with Crippen molar-refractivity contribution in [2.24, 2.45) is 5.16 Å². The summed E-state index contributed by atoms with van der Waals surface area (Å²) in [4.78, 5) is 0. The van der Waals surface area contributed by atoms with Crippen LogP contribution < -0.4 is 0 Å². The van der Waals surface area contributed by atoms with Crippen molar-refractivity contribution in [2.75, 3.05) is 6.61 Å². The number of rotatable bonds is 3. The lowest BCUT2D eigenvalue weighted by Crippen LogP contribution is -2.57. The molecule has 0 aromatic heterocycles. The van der Waals surface area contributed by atoms with E-state index in [9.17, 15) is 15.3 Å². The van der Waals surface area contributed by atoms with Gasteiger partial charge >= 0.3 is 0 Å². The number of hydrogen-bond acceptors (Lipinski definition) is 8. The molecule has 0 saturated carbocycles. The van der Waals surface area contributed by atoms with Gasteiger partial charge in [0, 0.05) is 5.56 Å². The summed E-state index contributed by atoms with van der Waals surface area (Å²) >= 11 is 0.897. The second-order valence-corrected chi connectivity index (χ2v) is 5.67. The van der Waals surface area contributed by atoms with Crippen molar-refractivity contribution < 1.29 is 30.4 Å². The predicted molar refractivity (Wildman–Crippen MR) is 76.1 cm³/mol. The topological polar surface area (TPSA) is 123 Å². The zero-order chi connectivity index (χ0) is 15.4. The van der Waals surface area contributed by atoms with E-state index in [1.165, 1.54) is 0 Å². The number of ether oxygens (including phenoxy) is 1. The van der Waals surface area contributed by atoms with Crippen molar-refractivity contribution in [1.29, 1.82) is 0 Å². The van der Waals surface area contributed by atoms with Gasteiger partial charge in [-0.25, -0.2) is 0 Å². The Morgan fingerprint density at radius 2 is 1.76 bits per heavy atom. The molecule has 0 aliphatic carbocycles. The minimum Gasteiger partial charge on any atom is -0.410 e. The van der Waals surface area contributed by atoms with Gasteiger partial charge in [0.15, 0.2) is 0 Å². The number of thioether (sulfide) groups is 1. The van der Waals surface area contributed by atoms with Gasteiger partial charge in [-0.15, -0.1) is 0 Å². The van der Waals surface area contributed by atoms with Gasteiger partial charge in [-0.1, -0.05) is 47.2 Å². The summed E-state index contributed by atoms with van der Waals surface area (Å²) in [5.74, 6) is 0. The van der Waals surface area contributed by atoms with Crippen molar-refractivity contribution >= 4 is 16.8 Å². The Morgan fingerprint density at radius 1 is 1.10 bits per heavy atom. The van der Waals surface area contributed by atoms with Gasteiger partial charge in [0.05, 0.1) is 6.61 Å². The van der Waals surface area contributed by atoms with Crippen LogP contribution in [-0.4, -0.2) is 67.1 Å². The molecule has 5 N–H and O–H groups in total. The van der Waals surface area contributed by atoms with Gasteiger partial charge in [-0.3, -0.25) is 0 Å². The van der Waals surface area contributed by atoms with Crippen molar-refractivity contribution in [1.82, 2.24) is 0 Å². The van der Waals surface area contributed by atoms with Gasteiger partial charge < -0.3 is 30.4 Å². The molecular weight excluding hydrogens is 298 g/mol. The summed E-state index contributed by atoms with van der Waals surface area (Å²) < 4.78 is 5.35. The van der Waals surface area contributed by atoms with E-state index < -0.39 is 36.5 Å². The lowest BCUT2D eigenvalue weighted by Gasteiger charge is -2.39. The van der Waals surface area contributed by atoms with E-state index in [-0.39, 0.29) is 5.04 Å². The molecule has 1 saturated heterocycles. The van der Waals surface area contributed by atoms with Crippen LogP contribution in [0, 0.1) is 0 Å². The third-order valence-electron chi connectivity index (χ3n) is 3.19. The highest BCUT2D eigenvalue weighted by molar-refractivity contribution is 8.14. The van der Waals surface area contributed by atoms with E-state index >= 15 is 0 Å². The third-order valence-corrected chi connectivity index (χ3v) is 4.35. The summed E-state index contributed by atoms with van der Waals surface area (Å²) in [5, 5.41) is 50.9. The first-order valence-electron chi connectivity index (χ1n) is 6.33. The van der Waals surface area contributed by atoms with Gasteiger partial charge in [-0.05, 0) is 0 Å². The molecule has 0 bridgehead atoms. The standard InChI is InChI=1S/C13H17NO6S/c15-6-8-9(16)10(17)11(18)13(20-8)21-12(14-19)7-4-2-1-3-5-7/h1-5,8-11,13,15-19H,6H2/b14-12-/t8-,9-,10+,11-,13+/m1/s1.